The van der Waals surface area contributed by atoms with Crippen LogP contribution < -0.4 is 14.2 Å². The number of aliphatic hydroxyl groups is 10. The number of rotatable bonds is 13. The van der Waals surface area contributed by atoms with Crippen LogP contribution in [0, 0.1) is 0 Å². The van der Waals surface area contributed by atoms with Crippen molar-refractivity contribution >= 4 is 16.9 Å². The molecule has 0 aliphatic carbocycles. The summed E-state index contributed by atoms with van der Waals surface area (Å²) in [6.45, 7) is -2.37. The molecular formula is C41H47O23+. The summed E-state index contributed by atoms with van der Waals surface area (Å²) in [5.74, 6) is -2.68. The van der Waals surface area contributed by atoms with E-state index in [4.69, 9.17) is 42.3 Å². The molecule has 3 fully saturated rings. The van der Waals surface area contributed by atoms with Gasteiger partial charge in [-0.05, 0) is 36.4 Å². The summed E-state index contributed by atoms with van der Waals surface area (Å²) in [6, 6.07) is 12.4. The third-order valence-corrected chi connectivity index (χ3v) is 10.8. The van der Waals surface area contributed by atoms with Crippen molar-refractivity contribution in [2.24, 2.45) is 0 Å². The van der Waals surface area contributed by atoms with E-state index in [1.54, 1.807) is 0 Å². The lowest BCUT2D eigenvalue weighted by molar-refractivity contribution is -0.357. The first kappa shape index (κ1) is 46.8. The maximum absolute atomic E-state index is 12.9. The monoisotopic (exact) mass is 907 g/mol. The zero-order valence-corrected chi connectivity index (χ0v) is 33.5. The van der Waals surface area contributed by atoms with Crippen molar-refractivity contribution in [1.29, 1.82) is 0 Å². The minimum absolute atomic E-state index is 0.000192. The zero-order valence-electron chi connectivity index (χ0n) is 33.5. The molecule has 3 aliphatic heterocycles. The molecule has 0 radical (unpaired) electrons. The first-order chi connectivity index (χ1) is 30.5. The Morgan fingerprint density at radius 1 is 0.609 bits per heavy atom. The Morgan fingerprint density at radius 3 is 1.84 bits per heavy atom. The number of hydrogen-bond donors (Lipinski definition) is 13. The predicted octanol–water partition coefficient (Wildman–Crippen LogP) is -2.45. The Labute approximate surface area is 361 Å². The summed E-state index contributed by atoms with van der Waals surface area (Å²) in [5.41, 5.74) is -0.00426. The van der Waals surface area contributed by atoms with Crippen LogP contribution in [-0.4, -0.2) is 191 Å². The van der Waals surface area contributed by atoms with E-state index in [2.05, 4.69) is 0 Å². The van der Waals surface area contributed by atoms with Gasteiger partial charge < -0.3 is 104 Å². The third-order valence-electron chi connectivity index (χ3n) is 10.8. The maximum atomic E-state index is 12.9. The van der Waals surface area contributed by atoms with E-state index in [9.17, 15) is 71.2 Å². The van der Waals surface area contributed by atoms with Crippen molar-refractivity contribution in [2.75, 3.05) is 26.9 Å². The number of ether oxygens (including phenoxy) is 8. The second kappa shape index (κ2) is 19.5. The molecular weight excluding hydrogens is 860 g/mol. The van der Waals surface area contributed by atoms with Gasteiger partial charge in [-0.15, -0.1) is 0 Å². The Bertz CT molecular complexity index is 2240. The molecule has 3 aromatic carbocycles. The van der Waals surface area contributed by atoms with Gasteiger partial charge in [-0.25, -0.2) is 9.21 Å². The van der Waals surface area contributed by atoms with Gasteiger partial charge in [0.25, 0.3) is 0 Å². The van der Waals surface area contributed by atoms with Gasteiger partial charge in [-0.3, -0.25) is 0 Å². The van der Waals surface area contributed by atoms with E-state index in [1.165, 1.54) is 55.6 Å². The van der Waals surface area contributed by atoms with Gasteiger partial charge in [0.05, 0.1) is 37.5 Å². The van der Waals surface area contributed by atoms with Crippen LogP contribution in [0.1, 0.15) is 10.4 Å². The number of methoxy groups -OCH3 is 1. The van der Waals surface area contributed by atoms with Gasteiger partial charge in [-0.1, -0.05) is 0 Å². The van der Waals surface area contributed by atoms with Gasteiger partial charge in [0.15, 0.2) is 23.9 Å². The number of phenols is 3. The zero-order chi connectivity index (χ0) is 46.1. The highest BCUT2D eigenvalue weighted by molar-refractivity contribution is 5.90. The SMILES string of the molecule is COc1cc(-c2[o+]c3cc(O)cc(O[C@@H]4O[C@H](CO)[C@@H](O)[C@H](O)[C@H]4O)c3cc2O[C@@H]2O[C@H](COC(=O)c3ccc(O)cc3)[C@@H](O)[C@H](O)[C@H]2O[C@@H]2O[C@H](CO)[C@@H](O)[C@H](O)[C@H]2O)ccc1O. The van der Waals surface area contributed by atoms with Crippen LogP contribution in [0.4, 0.5) is 0 Å². The first-order valence-corrected chi connectivity index (χ1v) is 19.6. The van der Waals surface area contributed by atoms with Crippen LogP contribution >= 0.6 is 0 Å². The molecule has 23 heteroatoms. The number of aliphatic hydroxyl groups excluding tert-OH is 10. The number of aromatic hydroxyl groups is 3. The minimum Gasteiger partial charge on any atom is -0.508 e. The van der Waals surface area contributed by atoms with E-state index < -0.39 is 124 Å². The highest BCUT2D eigenvalue weighted by atomic mass is 16.8. The summed E-state index contributed by atoms with van der Waals surface area (Å²) in [7, 11) is 1.27. The minimum atomic E-state index is -2.06. The summed E-state index contributed by atoms with van der Waals surface area (Å²) in [5, 5.41) is 137. The fourth-order valence-corrected chi connectivity index (χ4v) is 7.25. The summed E-state index contributed by atoms with van der Waals surface area (Å²) in [4.78, 5) is 12.9. The fraction of sp³-hybridized carbons (Fsp3) is 0.463. The third kappa shape index (κ3) is 9.44. The van der Waals surface area contributed by atoms with E-state index in [1.807, 2.05) is 0 Å². The molecule has 0 amide bonds. The molecule has 4 aromatic rings. The Hall–Kier alpha value is -5.22. The van der Waals surface area contributed by atoms with Crippen molar-refractivity contribution < 1.29 is 113 Å². The topological polar surface area (TPSA) is 365 Å². The van der Waals surface area contributed by atoms with Gasteiger partial charge in [0.2, 0.25) is 18.3 Å². The molecule has 3 saturated heterocycles. The predicted molar refractivity (Wildman–Crippen MR) is 209 cm³/mol. The van der Waals surface area contributed by atoms with Crippen LogP contribution in [0.25, 0.3) is 22.3 Å². The van der Waals surface area contributed by atoms with Gasteiger partial charge in [-0.2, -0.15) is 0 Å². The molecule has 0 saturated carbocycles. The Kier molecular flexibility index (Phi) is 14.2. The second-order valence-electron chi connectivity index (χ2n) is 15.1. The largest absolute Gasteiger partial charge is 0.508 e. The quantitative estimate of drug-likeness (QED) is 0.0489. The van der Waals surface area contributed by atoms with Crippen LogP contribution in [0.2, 0.25) is 0 Å². The highest BCUT2D eigenvalue weighted by Crippen LogP contribution is 2.44. The van der Waals surface area contributed by atoms with Crippen molar-refractivity contribution in [2.45, 2.75) is 92.1 Å². The number of esters is 1. The molecule has 7 rings (SSSR count). The number of phenolic OH excluding ortho intramolecular Hbond substituents is 3. The number of carbonyl (C=O) groups is 1. The van der Waals surface area contributed by atoms with Crippen LogP contribution in [-0.2, 0) is 23.7 Å². The standard InChI is InChI=1S/C41H46O23/c1-56-23-8-16(4-7-20(23)46)36-24(11-19-21(58-36)9-18(45)10-22(19)59-39-34(53)31(50)28(47)25(12-42)61-39)60-41-37(64-40-35(54)32(51)29(48)26(13-43)62-40)33(52)30(49)27(63-41)14-57-38(55)15-2-5-17(44)6-3-15/h2-11,25-35,37,39-43,47-54H,12-14H2,1H3,(H2-,44,45,46,55)/p+1/t25-,26-,27-,28-,29-,30-,31+,32+,33+,34-,35-,37-,39-,40+,41-/m1/s1. The highest BCUT2D eigenvalue weighted by Gasteiger charge is 2.52. The molecule has 0 unspecified atom stereocenters. The van der Waals surface area contributed by atoms with E-state index in [0.29, 0.717) is 0 Å². The lowest BCUT2D eigenvalue weighted by atomic mass is 9.97. The normalized spacial score (nSPS) is 33.1. The Morgan fingerprint density at radius 2 is 1.20 bits per heavy atom. The number of fused-ring (bicyclic) bond motifs is 1. The molecule has 4 heterocycles. The van der Waals surface area contributed by atoms with E-state index >= 15 is 0 Å². The van der Waals surface area contributed by atoms with E-state index in [-0.39, 0.29) is 56.6 Å². The molecule has 0 bridgehead atoms. The molecule has 13 N–H and O–H groups in total. The average Bonchev–Trinajstić information content (AvgIpc) is 3.28. The lowest BCUT2D eigenvalue weighted by Crippen LogP contribution is -2.65. The second-order valence-corrected chi connectivity index (χ2v) is 15.1. The summed E-state index contributed by atoms with van der Waals surface area (Å²) in [6.07, 6.45) is -27.2. The van der Waals surface area contributed by atoms with Gasteiger partial charge in [0, 0.05) is 18.2 Å². The Balaban J connectivity index is 1.31. The van der Waals surface area contributed by atoms with Crippen LogP contribution in [0.5, 0.6) is 34.5 Å². The number of benzene rings is 3. The van der Waals surface area contributed by atoms with Crippen molar-refractivity contribution in [3.05, 3.63) is 66.2 Å². The average molecular weight is 908 g/mol. The van der Waals surface area contributed by atoms with E-state index in [0.717, 1.165) is 12.1 Å². The molecule has 3 aliphatic rings. The molecule has 1 aromatic heterocycles. The maximum Gasteiger partial charge on any atom is 0.402 e. The van der Waals surface area contributed by atoms with Gasteiger partial charge >= 0.3 is 17.3 Å². The fourth-order valence-electron chi connectivity index (χ4n) is 7.25. The van der Waals surface area contributed by atoms with Crippen molar-refractivity contribution in [3.63, 3.8) is 0 Å². The molecule has 15 atom stereocenters. The molecule has 0 spiro atoms. The molecule has 23 nitrogen and oxygen atoms in total. The molecule has 64 heavy (non-hydrogen) atoms. The first-order valence-electron chi connectivity index (χ1n) is 19.6. The summed E-state index contributed by atoms with van der Waals surface area (Å²) >= 11 is 0. The lowest BCUT2D eigenvalue weighted by Gasteiger charge is -2.45. The van der Waals surface area contributed by atoms with Crippen molar-refractivity contribution in [3.8, 4) is 45.8 Å². The molecule has 348 valence electrons. The van der Waals surface area contributed by atoms with Crippen LogP contribution in [0.3, 0.4) is 0 Å². The van der Waals surface area contributed by atoms with Crippen molar-refractivity contribution in [1.82, 2.24) is 0 Å². The van der Waals surface area contributed by atoms with Gasteiger partial charge in [0.1, 0.15) is 96.4 Å². The number of hydrogen-bond acceptors (Lipinski definition) is 22. The van der Waals surface area contributed by atoms with Crippen LogP contribution in [0.15, 0.2) is 65.1 Å². The number of carbonyl (C=O) groups excluding carboxylic acids is 1. The smallest absolute Gasteiger partial charge is 0.402 e. The summed E-state index contributed by atoms with van der Waals surface area (Å²) < 4.78 is 52.2.